The fourth-order valence-electron chi connectivity index (χ4n) is 7.02. The van der Waals surface area contributed by atoms with E-state index in [1.807, 2.05) is 6.07 Å². The van der Waals surface area contributed by atoms with Gasteiger partial charge in [-0.3, -0.25) is 9.05 Å². The number of nitrogens with zero attached hydrogens (tertiary/aromatic N) is 4. The lowest BCUT2D eigenvalue weighted by molar-refractivity contribution is -0.0690. The highest BCUT2D eigenvalue weighted by atomic mass is 31.2. The number of phosphoric acid groups is 1. The van der Waals surface area contributed by atoms with Crippen molar-refractivity contribution in [3.05, 3.63) is 65.5 Å². The number of fused-ring (bicyclic) bond motifs is 1. The first-order valence-corrected chi connectivity index (χ1v) is 22.1. The van der Waals surface area contributed by atoms with Crippen LogP contribution in [0.1, 0.15) is 126 Å². The number of phosphoric ester groups is 1. The summed E-state index contributed by atoms with van der Waals surface area (Å²) in [5.41, 5.74) is 6.21. The van der Waals surface area contributed by atoms with Gasteiger partial charge in [0.2, 0.25) is 5.60 Å². The maximum atomic E-state index is 13.0. The highest BCUT2D eigenvalue weighted by Crippen LogP contribution is 2.46. The van der Waals surface area contributed by atoms with E-state index in [0.29, 0.717) is 23.4 Å². The second-order valence-electron chi connectivity index (χ2n) is 14.9. The molecular formula is C42H62N5O9P. The van der Waals surface area contributed by atoms with Gasteiger partial charge in [-0.25, -0.2) is 9.08 Å². The summed E-state index contributed by atoms with van der Waals surface area (Å²) >= 11 is 0. The summed E-state index contributed by atoms with van der Waals surface area (Å²) in [5.74, 6) is 0. The number of hydrogen-bond acceptors (Lipinski definition) is 12. The highest BCUT2D eigenvalue weighted by Gasteiger charge is 2.58. The topological polar surface area (TPSA) is 215 Å². The third kappa shape index (κ3) is 14.4. The minimum absolute atomic E-state index is 0.0974. The van der Waals surface area contributed by atoms with Gasteiger partial charge in [-0.1, -0.05) is 115 Å². The van der Waals surface area contributed by atoms with Crippen molar-refractivity contribution in [1.29, 1.82) is 10.5 Å². The van der Waals surface area contributed by atoms with Crippen LogP contribution in [0.2, 0.25) is 0 Å². The Labute approximate surface area is 337 Å². The Morgan fingerprint density at radius 1 is 0.877 bits per heavy atom. The molecule has 0 bridgehead atoms. The van der Waals surface area contributed by atoms with Crippen LogP contribution in [0.25, 0.3) is 5.52 Å². The lowest BCUT2D eigenvalue weighted by Gasteiger charge is -2.24. The second-order valence-corrected chi connectivity index (χ2v) is 16.4. The Bertz CT molecular complexity index is 1750. The normalized spacial score (nSPS) is 21.0. The van der Waals surface area contributed by atoms with E-state index in [9.17, 15) is 24.9 Å². The zero-order chi connectivity index (χ0) is 40.9. The Morgan fingerprint density at radius 3 is 2.09 bits per heavy atom. The number of hydrogen-bond donors (Lipinski definition) is 4. The zero-order valence-electron chi connectivity index (χ0n) is 33.4. The van der Waals surface area contributed by atoms with E-state index < -0.39 is 44.4 Å². The Balaban J connectivity index is 1.18. The van der Waals surface area contributed by atoms with Gasteiger partial charge < -0.3 is 35.1 Å². The van der Waals surface area contributed by atoms with E-state index in [1.165, 1.54) is 100 Å². The summed E-state index contributed by atoms with van der Waals surface area (Å²) in [7, 11) is -4.75. The van der Waals surface area contributed by atoms with Crippen molar-refractivity contribution in [2.24, 2.45) is 0 Å². The molecule has 1 fully saturated rings. The molecule has 0 aliphatic carbocycles. The molecular weight excluding hydrogens is 749 g/mol. The van der Waals surface area contributed by atoms with Crippen LogP contribution in [0.4, 0.5) is 5.69 Å². The molecule has 0 spiro atoms. The molecule has 4 rings (SSSR count). The summed E-state index contributed by atoms with van der Waals surface area (Å²) < 4.78 is 42.6. The summed E-state index contributed by atoms with van der Waals surface area (Å²) in [6.07, 6.45) is 16.3. The van der Waals surface area contributed by atoms with Gasteiger partial charge in [-0.15, -0.1) is 0 Å². The molecule has 14 nitrogen and oxygen atoms in total. The number of unbranched alkanes of at least 4 members (excludes halogenated alkanes) is 15. The van der Waals surface area contributed by atoms with Crippen LogP contribution in [-0.4, -0.2) is 75.6 Å². The number of rotatable bonds is 29. The molecule has 1 aliphatic heterocycles. The van der Waals surface area contributed by atoms with Crippen LogP contribution in [0, 0.1) is 22.7 Å². The molecule has 3 aromatic rings. The third-order valence-electron chi connectivity index (χ3n) is 10.4. The standard InChI is InChI=1S/C42H62N5O9P/c1-2-3-4-5-6-7-8-9-10-11-12-13-14-15-16-17-26-52-29-35(53-28-34-20-18-33(27-43)19-21-34)30-54-57(50,51)55-31-38-40(48)41(49)42(32-44,56-38)39-23-22-37-36(45)24-25-46-47(37)39/h18-25,35,38,40-41,48-49H,2-17,26,28-31,45H2,1H3,(H,50,51)/t35-,38-,40-,41-,42+/m1/s1. The van der Waals surface area contributed by atoms with Crippen molar-refractivity contribution in [2.45, 2.75) is 146 Å². The molecule has 1 aromatic carbocycles. The van der Waals surface area contributed by atoms with Crippen molar-refractivity contribution >= 4 is 19.0 Å². The zero-order valence-corrected chi connectivity index (χ0v) is 34.3. The summed E-state index contributed by atoms with van der Waals surface area (Å²) in [5, 5.41) is 45.3. The number of aliphatic hydroxyl groups is 2. The molecule has 15 heteroatoms. The number of aromatic nitrogens is 2. The molecule has 0 saturated carbocycles. The quantitative estimate of drug-likeness (QED) is 0.0393. The molecule has 3 heterocycles. The van der Waals surface area contributed by atoms with E-state index in [0.717, 1.165) is 24.8 Å². The Hall–Kier alpha value is -3.40. The van der Waals surface area contributed by atoms with Gasteiger partial charge in [0.15, 0.2) is 0 Å². The first-order valence-electron chi connectivity index (χ1n) is 20.6. The van der Waals surface area contributed by atoms with Gasteiger partial charge >= 0.3 is 7.82 Å². The number of nitriles is 2. The molecule has 57 heavy (non-hydrogen) atoms. The van der Waals surface area contributed by atoms with Crippen LogP contribution in [0.15, 0.2) is 48.7 Å². The molecule has 1 saturated heterocycles. The number of benzene rings is 1. The SMILES string of the molecule is CCCCCCCCCCCCCCCCCCOC[C@H](COP(=O)(O)OC[C@H]1O[C@@](C#N)(c2ccc3c(N)ccnn23)[C@H](O)[C@@H]1O)OCc1ccc(C#N)cc1. The fourth-order valence-corrected chi connectivity index (χ4v) is 7.78. The molecule has 0 radical (unpaired) electrons. The van der Waals surface area contributed by atoms with Crippen LogP contribution in [0.3, 0.4) is 0 Å². The van der Waals surface area contributed by atoms with E-state index >= 15 is 0 Å². The highest BCUT2D eigenvalue weighted by molar-refractivity contribution is 7.47. The van der Waals surface area contributed by atoms with Crippen molar-refractivity contribution in [3.8, 4) is 12.1 Å². The Kier molecular flexibility index (Phi) is 19.9. The third-order valence-corrected chi connectivity index (χ3v) is 11.4. The largest absolute Gasteiger partial charge is 0.472 e. The number of nitrogen functional groups attached to an aromatic ring is 1. The van der Waals surface area contributed by atoms with Crippen LogP contribution >= 0.6 is 7.82 Å². The number of aliphatic hydroxyl groups excluding tert-OH is 2. The summed E-state index contributed by atoms with van der Waals surface area (Å²) in [6, 6.07) is 15.6. The average molecular weight is 812 g/mol. The van der Waals surface area contributed by atoms with Crippen LogP contribution in [0.5, 0.6) is 0 Å². The average Bonchev–Trinajstić information content (AvgIpc) is 3.77. The van der Waals surface area contributed by atoms with Crippen molar-refractivity contribution in [2.75, 3.05) is 32.2 Å². The molecule has 314 valence electrons. The first kappa shape index (κ1) is 46.3. The van der Waals surface area contributed by atoms with Crippen LogP contribution in [-0.2, 0) is 40.0 Å². The Morgan fingerprint density at radius 2 is 1.49 bits per heavy atom. The molecule has 2 aromatic heterocycles. The van der Waals surface area contributed by atoms with Gasteiger partial charge in [0.25, 0.3) is 0 Å². The minimum atomic E-state index is -4.75. The van der Waals surface area contributed by atoms with Gasteiger partial charge in [-0.2, -0.15) is 15.6 Å². The molecule has 5 N–H and O–H groups in total. The maximum absolute atomic E-state index is 13.0. The van der Waals surface area contributed by atoms with Crippen molar-refractivity contribution < 1.29 is 42.9 Å². The predicted molar refractivity (Wildman–Crippen MR) is 216 cm³/mol. The molecule has 1 aliphatic rings. The van der Waals surface area contributed by atoms with E-state index in [1.54, 1.807) is 36.4 Å². The summed E-state index contributed by atoms with van der Waals surface area (Å²) in [4.78, 5) is 10.6. The van der Waals surface area contributed by atoms with Gasteiger partial charge in [0.05, 0.1) is 55.0 Å². The predicted octanol–water partition coefficient (Wildman–Crippen LogP) is 7.62. The molecule has 6 atom stereocenters. The minimum Gasteiger partial charge on any atom is -0.397 e. The van der Waals surface area contributed by atoms with Crippen LogP contribution < -0.4 is 5.73 Å². The van der Waals surface area contributed by atoms with E-state index in [2.05, 4.69) is 18.1 Å². The van der Waals surface area contributed by atoms with E-state index in [-0.39, 0.29) is 25.5 Å². The lowest BCUT2D eigenvalue weighted by Crippen LogP contribution is -2.41. The lowest BCUT2D eigenvalue weighted by atomic mass is 9.92. The monoisotopic (exact) mass is 811 g/mol. The first-order chi connectivity index (χ1) is 27.6. The van der Waals surface area contributed by atoms with Gasteiger partial charge in [-0.05, 0) is 42.3 Å². The number of anilines is 1. The van der Waals surface area contributed by atoms with Gasteiger partial charge in [0, 0.05) is 12.8 Å². The van der Waals surface area contributed by atoms with Gasteiger partial charge in [0.1, 0.15) is 30.5 Å². The summed E-state index contributed by atoms with van der Waals surface area (Å²) in [6.45, 7) is 1.96. The number of ether oxygens (including phenoxy) is 3. The number of nitrogens with two attached hydrogens (primary N) is 1. The smallest absolute Gasteiger partial charge is 0.397 e. The van der Waals surface area contributed by atoms with Crippen molar-refractivity contribution in [3.63, 3.8) is 0 Å². The second kappa shape index (κ2) is 24.5. The molecule has 0 amide bonds. The van der Waals surface area contributed by atoms with Crippen molar-refractivity contribution in [1.82, 2.24) is 9.61 Å². The maximum Gasteiger partial charge on any atom is 0.472 e. The molecule has 1 unspecified atom stereocenters. The van der Waals surface area contributed by atoms with E-state index in [4.69, 9.17) is 34.3 Å². The fraction of sp³-hybridized carbons (Fsp3) is 0.643.